The summed E-state index contributed by atoms with van der Waals surface area (Å²) < 4.78 is 33.1. The van der Waals surface area contributed by atoms with Crippen LogP contribution in [0.15, 0.2) is 141 Å². The lowest BCUT2D eigenvalue weighted by Gasteiger charge is -2.10. The van der Waals surface area contributed by atoms with E-state index in [1.807, 2.05) is 30.3 Å². The number of nitro groups is 1. The molecule has 0 unspecified atom stereocenters. The molecule has 5 N–H and O–H groups in total. The largest absolute Gasteiger partial charge is 0.506 e. The number of aliphatic hydroxyl groups is 1. The predicted octanol–water partition coefficient (Wildman–Crippen LogP) is 9.31. The Morgan fingerprint density at radius 2 is 1.51 bits per heavy atom. The van der Waals surface area contributed by atoms with Gasteiger partial charge < -0.3 is 20.2 Å². The van der Waals surface area contributed by atoms with Gasteiger partial charge in [-0.3, -0.25) is 14.7 Å². The summed E-state index contributed by atoms with van der Waals surface area (Å²) in [4.78, 5) is 15.2. The average molecular weight is 733 g/mol. The van der Waals surface area contributed by atoms with E-state index >= 15 is 0 Å². The molecule has 6 aromatic carbocycles. The van der Waals surface area contributed by atoms with Gasteiger partial charge in [-0.2, -0.15) is 18.6 Å². The second kappa shape index (κ2) is 15.5. The highest BCUT2D eigenvalue weighted by Crippen LogP contribution is 2.40. The molecule has 0 bridgehead atoms. The molecule has 0 aliphatic heterocycles. The van der Waals surface area contributed by atoms with Crippen molar-refractivity contribution in [3.05, 3.63) is 142 Å². The second-order valence-corrected chi connectivity index (χ2v) is 12.7. The first-order chi connectivity index (χ1) is 25.5. The van der Waals surface area contributed by atoms with Crippen LogP contribution in [0.2, 0.25) is 0 Å². The first-order valence-electron chi connectivity index (χ1n) is 15.6. The highest BCUT2D eigenvalue weighted by atomic mass is 32.2. The first kappa shape index (κ1) is 35.8. The maximum absolute atomic E-state index is 11.8. The van der Waals surface area contributed by atoms with Crippen molar-refractivity contribution in [2.75, 3.05) is 5.48 Å². The van der Waals surface area contributed by atoms with Crippen LogP contribution < -0.4 is 10.3 Å². The van der Waals surface area contributed by atoms with Crippen LogP contribution in [0.1, 0.15) is 16.7 Å². The summed E-state index contributed by atoms with van der Waals surface area (Å²) in [5, 5.41) is 60.3. The van der Waals surface area contributed by atoms with Crippen LogP contribution in [-0.2, 0) is 16.7 Å². The molecule has 16 heteroatoms. The molecular formula is C37H28N6O9S. The Labute approximate surface area is 301 Å². The van der Waals surface area contributed by atoms with Crippen molar-refractivity contribution in [1.82, 2.24) is 0 Å². The molecule has 0 radical (unpaired) electrons. The van der Waals surface area contributed by atoms with Crippen molar-refractivity contribution in [3.8, 4) is 17.2 Å². The lowest BCUT2D eigenvalue weighted by Crippen LogP contribution is -2.04. The fourth-order valence-electron chi connectivity index (χ4n) is 5.02. The second-order valence-electron chi connectivity index (χ2n) is 11.3. The normalized spacial score (nSPS) is 11.9. The molecule has 0 saturated heterocycles. The van der Waals surface area contributed by atoms with Gasteiger partial charge in [-0.05, 0) is 77.2 Å². The number of anilines is 1. The van der Waals surface area contributed by atoms with E-state index in [2.05, 4.69) is 25.9 Å². The number of hydrogen-bond donors (Lipinski definition) is 5. The number of rotatable bonds is 12. The third-order valence-corrected chi connectivity index (χ3v) is 8.63. The van der Waals surface area contributed by atoms with E-state index in [0.29, 0.717) is 39.0 Å². The summed E-state index contributed by atoms with van der Waals surface area (Å²) in [5.41, 5.74) is 4.74. The topological polar surface area (TPSA) is 229 Å². The molecule has 0 spiro atoms. The van der Waals surface area contributed by atoms with E-state index in [1.165, 1.54) is 24.3 Å². The summed E-state index contributed by atoms with van der Waals surface area (Å²) in [7, 11) is -4.73. The monoisotopic (exact) mass is 732 g/mol. The number of nitro benzene ring substituents is 1. The molecular weight excluding hydrogens is 705 g/mol. The Kier molecular flexibility index (Phi) is 10.5. The number of aromatic hydroxyl groups is 2. The number of nitrogens with one attached hydrogen (secondary N) is 1. The van der Waals surface area contributed by atoms with E-state index in [0.717, 1.165) is 12.1 Å². The van der Waals surface area contributed by atoms with Gasteiger partial charge in [-0.15, -0.1) is 10.2 Å². The molecule has 0 atom stereocenters. The number of fused-ring (bicyclic) bond motifs is 1. The molecule has 0 aliphatic carbocycles. The third-order valence-electron chi connectivity index (χ3n) is 7.72. The molecule has 0 aliphatic rings. The van der Waals surface area contributed by atoms with Crippen molar-refractivity contribution in [2.24, 2.45) is 20.5 Å². The predicted molar refractivity (Wildman–Crippen MR) is 197 cm³/mol. The van der Waals surface area contributed by atoms with Crippen molar-refractivity contribution >= 4 is 67.2 Å². The van der Waals surface area contributed by atoms with Gasteiger partial charge in [0.15, 0.2) is 11.5 Å². The van der Waals surface area contributed by atoms with Crippen LogP contribution in [0.3, 0.4) is 0 Å². The number of phenolic OH excluding ortho intramolecular Hbond substituents is 2. The van der Waals surface area contributed by atoms with E-state index in [4.69, 9.17) is 4.84 Å². The van der Waals surface area contributed by atoms with Gasteiger partial charge in [0.1, 0.15) is 22.0 Å². The molecule has 6 rings (SSSR count). The fraction of sp³-hybridized carbons (Fsp3) is 0.0270. The number of non-ortho nitro benzene ring substituents is 1. The number of aliphatic hydroxyl groups excluding tert-OH is 1. The molecule has 266 valence electrons. The summed E-state index contributed by atoms with van der Waals surface area (Å²) >= 11 is 0. The third kappa shape index (κ3) is 8.66. The summed E-state index contributed by atoms with van der Waals surface area (Å²) in [6.07, 6.45) is 2.93. The zero-order valence-corrected chi connectivity index (χ0v) is 28.1. The molecule has 0 saturated carbocycles. The summed E-state index contributed by atoms with van der Waals surface area (Å²) in [5.74, 6) is 0.216. The van der Waals surface area contributed by atoms with Crippen LogP contribution in [-0.4, -0.2) is 33.2 Å². The van der Waals surface area contributed by atoms with Crippen molar-refractivity contribution in [2.45, 2.75) is 11.5 Å². The lowest BCUT2D eigenvalue weighted by molar-refractivity contribution is -0.385. The number of nitrogens with zero attached hydrogens (tertiary/aromatic N) is 5. The fourth-order valence-corrected chi connectivity index (χ4v) is 5.72. The molecule has 0 aromatic heterocycles. The highest BCUT2D eigenvalue weighted by Gasteiger charge is 2.19. The van der Waals surface area contributed by atoms with E-state index in [1.54, 1.807) is 60.7 Å². The first-order valence-corrected chi connectivity index (χ1v) is 17.0. The molecule has 53 heavy (non-hydrogen) atoms. The molecule has 15 nitrogen and oxygen atoms in total. The number of azo groups is 2. The Hall–Kier alpha value is -7.01. The highest BCUT2D eigenvalue weighted by molar-refractivity contribution is 7.86. The lowest BCUT2D eigenvalue weighted by atomic mass is 10.1. The Bertz CT molecular complexity index is 2530. The van der Waals surface area contributed by atoms with Gasteiger partial charge in [-0.25, -0.2) is 5.48 Å². The maximum Gasteiger partial charge on any atom is 0.295 e. The Morgan fingerprint density at radius 1 is 0.774 bits per heavy atom. The molecule has 0 heterocycles. The van der Waals surface area contributed by atoms with Crippen LogP contribution in [0.4, 0.5) is 34.1 Å². The van der Waals surface area contributed by atoms with Gasteiger partial charge in [0.25, 0.3) is 15.8 Å². The van der Waals surface area contributed by atoms with Crippen LogP contribution in [0.5, 0.6) is 17.2 Å². The smallest absolute Gasteiger partial charge is 0.295 e. The number of phenols is 2. The maximum atomic E-state index is 11.8. The molecule has 0 fully saturated rings. The van der Waals surface area contributed by atoms with Crippen LogP contribution in [0.25, 0.3) is 22.9 Å². The summed E-state index contributed by atoms with van der Waals surface area (Å²) in [6, 6.07) is 30.1. The van der Waals surface area contributed by atoms with E-state index < -0.39 is 32.2 Å². The number of benzene rings is 6. The van der Waals surface area contributed by atoms with Crippen molar-refractivity contribution < 1.29 is 38.1 Å². The Morgan fingerprint density at radius 3 is 2.23 bits per heavy atom. The minimum Gasteiger partial charge on any atom is -0.506 e. The van der Waals surface area contributed by atoms with E-state index in [9.17, 15) is 38.4 Å². The zero-order chi connectivity index (χ0) is 37.5. The van der Waals surface area contributed by atoms with Crippen LogP contribution >= 0.6 is 0 Å². The number of hydrogen-bond acceptors (Lipinski definition) is 13. The van der Waals surface area contributed by atoms with Gasteiger partial charge in [0.05, 0.1) is 28.6 Å². The minimum absolute atomic E-state index is 0.0198. The SMILES string of the molecule is O=[N+]([O-])c1ccc(C=Cc2ccc(N=Nc3cc(O)c(N=Nc4ccc5cc(NOc6ccccc6)ccc5c4O)cc3CO)cc2)c(S(=O)(=O)O)c1. The molecule has 0 amide bonds. The van der Waals surface area contributed by atoms with Crippen molar-refractivity contribution in [1.29, 1.82) is 0 Å². The quantitative estimate of drug-likeness (QED) is 0.0263. The average Bonchev–Trinajstić information content (AvgIpc) is 3.16. The van der Waals surface area contributed by atoms with Crippen LogP contribution in [0, 0.1) is 10.1 Å². The number of para-hydroxylation sites is 1. The van der Waals surface area contributed by atoms with Gasteiger partial charge in [0.2, 0.25) is 0 Å². The van der Waals surface area contributed by atoms with Gasteiger partial charge >= 0.3 is 0 Å². The van der Waals surface area contributed by atoms with E-state index in [-0.39, 0.29) is 34.1 Å². The molecule has 6 aromatic rings. The minimum atomic E-state index is -4.73. The Balaban J connectivity index is 1.14. The van der Waals surface area contributed by atoms with Gasteiger partial charge in [0, 0.05) is 29.1 Å². The standard InChI is InChI=1S/C37H28N6O9S/c44-22-26-19-34(41-39-32-17-11-25-18-28(14-16-31(25)37(32)46)42-52-30-4-2-1-3-5-30)35(45)21-33(26)40-38-27-12-7-23(8-13-27)6-9-24-10-15-29(43(47)48)20-36(24)53(49,50)51/h1-21,42,44-46H,22H2,(H,49,50,51). The van der Waals surface area contributed by atoms with Crippen molar-refractivity contribution in [3.63, 3.8) is 0 Å². The van der Waals surface area contributed by atoms with Gasteiger partial charge in [-0.1, -0.05) is 48.6 Å². The summed E-state index contributed by atoms with van der Waals surface area (Å²) in [6.45, 7) is -0.458. The zero-order valence-electron chi connectivity index (χ0n) is 27.3.